The number of ether oxygens (including phenoxy) is 2. The quantitative estimate of drug-likeness (QED) is 0.394. The largest absolute Gasteiger partial charge is 0.452 e. The van der Waals surface area contributed by atoms with E-state index in [1.54, 1.807) is 12.1 Å². The predicted octanol–water partition coefficient (Wildman–Crippen LogP) is 5.21. The summed E-state index contributed by atoms with van der Waals surface area (Å²) in [6.45, 7) is -3.59. The number of amides is 1. The summed E-state index contributed by atoms with van der Waals surface area (Å²) in [4.78, 5) is 25.7. The zero-order chi connectivity index (χ0) is 21.3. The van der Waals surface area contributed by atoms with Crippen molar-refractivity contribution in [3.8, 4) is 16.2 Å². The van der Waals surface area contributed by atoms with Crippen LogP contribution in [0.4, 0.5) is 14.5 Å². The number of esters is 1. The molecule has 1 heterocycles. The molecule has 0 saturated heterocycles. The van der Waals surface area contributed by atoms with E-state index >= 15 is 0 Å². The Morgan fingerprint density at radius 1 is 1.00 bits per heavy atom. The Kier molecular flexibility index (Phi) is 7.29. The lowest BCUT2D eigenvalue weighted by Gasteiger charge is -2.11. The van der Waals surface area contributed by atoms with Crippen LogP contribution in [0, 0.1) is 0 Å². The SMILES string of the molecule is O=C(COC(=O)/C=C/c1ccc(-c2ccccc2)s1)Nc1ccccc1OC(F)F. The molecule has 3 aromatic rings. The second-order valence-corrected chi connectivity index (χ2v) is 7.05. The first-order valence-corrected chi connectivity index (χ1v) is 9.67. The fraction of sp³-hybridized carbons (Fsp3) is 0.0909. The summed E-state index contributed by atoms with van der Waals surface area (Å²) in [6.07, 6.45) is 2.82. The van der Waals surface area contributed by atoms with Crippen LogP contribution in [0.25, 0.3) is 16.5 Å². The number of halogens is 2. The molecule has 0 aliphatic carbocycles. The first-order chi connectivity index (χ1) is 14.5. The molecule has 2 aromatic carbocycles. The third-order valence-electron chi connectivity index (χ3n) is 3.79. The van der Waals surface area contributed by atoms with E-state index in [-0.39, 0.29) is 11.4 Å². The van der Waals surface area contributed by atoms with Crippen LogP contribution in [0.5, 0.6) is 5.75 Å². The summed E-state index contributed by atoms with van der Waals surface area (Å²) in [7, 11) is 0. The summed E-state index contributed by atoms with van der Waals surface area (Å²) in [5.74, 6) is -1.56. The summed E-state index contributed by atoms with van der Waals surface area (Å²) >= 11 is 1.51. The van der Waals surface area contributed by atoms with Gasteiger partial charge >= 0.3 is 12.6 Å². The van der Waals surface area contributed by atoms with Gasteiger partial charge in [0.2, 0.25) is 0 Å². The molecule has 0 aliphatic heterocycles. The molecule has 1 aromatic heterocycles. The highest BCUT2D eigenvalue weighted by Crippen LogP contribution is 2.28. The molecule has 5 nitrogen and oxygen atoms in total. The minimum absolute atomic E-state index is 0.0569. The lowest BCUT2D eigenvalue weighted by atomic mass is 10.2. The van der Waals surface area contributed by atoms with Gasteiger partial charge in [-0.1, -0.05) is 42.5 Å². The van der Waals surface area contributed by atoms with Crippen LogP contribution in [-0.2, 0) is 14.3 Å². The maximum atomic E-state index is 12.4. The van der Waals surface area contributed by atoms with E-state index in [0.29, 0.717) is 0 Å². The molecule has 0 atom stereocenters. The molecule has 0 fully saturated rings. The molecule has 0 bridgehead atoms. The van der Waals surface area contributed by atoms with Crippen LogP contribution >= 0.6 is 11.3 Å². The first kappa shape index (κ1) is 21.2. The molecule has 1 amide bonds. The molecular formula is C22H17F2NO4S. The topological polar surface area (TPSA) is 64.6 Å². The number of anilines is 1. The monoisotopic (exact) mass is 429 g/mol. The van der Waals surface area contributed by atoms with Gasteiger partial charge in [-0.3, -0.25) is 4.79 Å². The van der Waals surface area contributed by atoms with Crippen molar-refractivity contribution in [1.29, 1.82) is 0 Å². The van der Waals surface area contributed by atoms with Gasteiger partial charge in [0, 0.05) is 15.8 Å². The van der Waals surface area contributed by atoms with Crippen molar-refractivity contribution in [3.05, 3.63) is 77.7 Å². The average Bonchev–Trinajstić information content (AvgIpc) is 3.22. The van der Waals surface area contributed by atoms with Crippen molar-refractivity contribution in [1.82, 2.24) is 0 Å². The standard InChI is InChI=1S/C22H17F2NO4S/c23-22(24)29-18-9-5-4-8-17(18)25-20(26)14-28-21(27)13-11-16-10-12-19(30-16)15-6-2-1-3-7-15/h1-13,22H,14H2,(H,25,26)/b13-11+. The Hall–Kier alpha value is -3.52. The third kappa shape index (κ3) is 6.25. The Bertz CT molecular complexity index is 1030. The molecule has 0 aliphatic rings. The second kappa shape index (κ2) is 10.3. The van der Waals surface area contributed by atoms with Gasteiger partial charge < -0.3 is 14.8 Å². The van der Waals surface area contributed by atoms with Gasteiger partial charge in [-0.15, -0.1) is 11.3 Å². The van der Waals surface area contributed by atoms with Crippen molar-refractivity contribution >= 4 is 35.0 Å². The van der Waals surface area contributed by atoms with Crippen molar-refractivity contribution in [2.45, 2.75) is 6.61 Å². The third-order valence-corrected chi connectivity index (χ3v) is 4.89. The molecule has 8 heteroatoms. The molecular weight excluding hydrogens is 412 g/mol. The van der Waals surface area contributed by atoms with Crippen LogP contribution in [0.15, 0.2) is 72.8 Å². The van der Waals surface area contributed by atoms with E-state index in [4.69, 9.17) is 4.74 Å². The summed E-state index contributed by atoms with van der Waals surface area (Å²) < 4.78 is 34.0. The number of thiophene rings is 1. The average molecular weight is 429 g/mol. The lowest BCUT2D eigenvalue weighted by molar-refractivity contribution is -0.142. The molecule has 3 rings (SSSR count). The Morgan fingerprint density at radius 3 is 2.50 bits per heavy atom. The lowest BCUT2D eigenvalue weighted by Crippen LogP contribution is -2.20. The highest BCUT2D eigenvalue weighted by Gasteiger charge is 2.12. The van der Waals surface area contributed by atoms with E-state index in [2.05, 4.69) is 10.1 Å². The van der Waals surface area contributed by atoms with Crippen molar-refractivity contribution in [2.24, 2.45) is 0 Å². The Labute approximate surface area is 175 Å². The fourth-order valence-electron chi connectivity index (χ4n) is 2.49. The minimum atomic E-state index is -3.02. The van der Waals surface area contributed by atoms with Crippen LogP contribution in [0.3, 0.4) is 0 Å². The number of alkyl halides is 2. The van der Waals surface area contributed by atoms with E-state index in [0.717, 1.165) is 15.3 Å². The van der Waals surface area contributed by atoms with Gasteiger partial charge in [0.25, 0.3) is 5.91 Å². The molecule has 0 radical (unpaired) electrons. The summed E-state index contributed by atoms with van der Waals surface area (Å²) in [6, 6.07) is 19.4. The zero-order valence-corrected chi connectivity index (χ0v) is 16.4. The van der Waals surface area contributed by atoms with E-state index in [1.165, 1.54) is 35.6 Å². The van der Waals surface area contributed by atoms with Gasteiger partial charge in [-0.05, 0) is 35.9 Å². The van der Waals surface area contributed by atoms with Crippen LogP contribution < -0.4 is 10.1 Å². The number of carbonyl (C=O) groups excluding carboxylic acids is 2. The van der Waals surface area contributed by atoms with Crippen molar-refractivity contribution in [3.63, 3.8) is 0 Å². The molecule has 0 saturated carbocycles. The predicted molar refractivity (Wildman–Crippen MR) is 111 cm³/mol. The number of para-hydroxylation sites is 2. The molecule has 1 N–H and O–H groups in total. The number of rotatable bonds is 8. The molecule has 30 heavy (non-hydrogen) atoms. The summed E-state index contributed by atoms with van der Waals surface area (Å²) in [5, 5.41) is 2.37. The minimum Gasteiger partial charge on any atom is -0.452 e. The number of hydrogen-bond donors (Lipinski definition) is 1. The number of hydrogen-bond acceptors (Lipinski definition) is 5. The molecule has 0 unspecified atom stereocenters. The molecule has 154 valence electrons. The second-order valence-electron chi connectivity index (χ2n) is 5.93. The summed E-state index contributed by atoms with van der Waals surface area (Å²) in [5.41, 5.74) is 1.14. The van der Waals surface area contributed by atoms with Crippen molar-refractivity contribution < 1.29 is 27.8 Å². The van der Waals surface area contributed by atoms with Gasteiger partial charge in [0.05, 0.1) is 5.69 Å². The molecule has 0 spiro atoms. The first-order valence-electron chi connectivity index (χ1n) is 8.85. The van der Waals surface area contributed by atoms with Crippen LogP contribution in [-0.4, -0.2) is 25.1 Å². The number of carbonyl (C=O) groups is 2. The van der Waals surface area contributed by atoms with E-state index in [1.807, 2.05) is 42.5 Å². The number of benzene rings is 2. The Balaban J connectivity index is 1.50. The maximum absolute atomic E-state index is 12.4. The smallest absolute Gasteiger partial charge is 0.387 e. The van der Waals surface area contributed by atoms with Gasteiger partial charge in [-0.25, -0.2) is 4.79 Å². The van der Waals surface area contributed by atoms with Crippen LogP contribution in [0.2, 0.25) is 0 Å². The van der Waals surface area contributed by atoms with Gasteiger partial charge in [0.15, 0.2) is 6.61 Å². The van der Waals surface area contributed by atoms with E-state index < -0.39 is 25.1 Å². The van der Waals surface area contributed by atoms with Gasteiger partial charge in [0.1, 0.15) is 5.75 Å². The maximum Gasteiger partial charge on any atom is 0.387 e. The normalized spacial score (nSPS) is 10.9. The van der Waals surface area contributed by atoms with Gasteiger partial charge in [-0.2, -0.15) is 8.78 Å². The Morgan fingerprint density at radius 2 is 1.73 bits per heavy atom. The fourth-order valence-corrected chi connectivity index (χ4v) is 3.41. The van der Waals surface area contributed by atoms with E-state index in [9.17, 15) is 18.4 Å². The highest BCUT2D eigenvalue weighted by atomic mass is 32.1. The number of nitrogens with one attached hydrogen (secondary N) is 1. The highest BCUT2D eigenvalue weighted by molar-refractivity contribution is 7.16. The van der Waals surface area contributed by atoms with Crippen LogP contribution in [0.1, 0.15) is 4.88 Å². The van der Waals surface area contributed by atoms with Crippen molar-refractivity contribution in [2.75, 3.05) is 11.9 Å². The zero-order valence-electron chi connectivity index (χ0n) is 15.6.